The molecule has 2 rings (SSSR count). The van der Waals surface area contributed by atoms with Crippen LogP contribution in [0, 0.1) is 5.92 Å². The molecule has 5 N–H and O–H groups in total. The topological polar surface area (TPSA) is 123 Å². The minimum Gasteiger partial charge on any atom is -0.497 e. The molecule has 2 atom stereocenters. The summed E-state index contributed by atoms with van der Waals surface area (Å²) in [5.41, 5.74) is 7.28. The van der Waals surface area contributed by atoms with E-state index in [9.17, 15) is 13.2 Å². The number of amides is 2. The van der Waals surface area contributed by atoms with Crippen molar-refractivity contribution in [1.29, 1.82) is 0 Å². The highest BCUT2D eigenvalue weighted by molar-refractivity contribution is 7.93. The Hall–Kier alpha value is -2.78. The minimum atomic E-state index is -3.92. The van der Waals surface area contributed by atoms with Crippen LogP contribution < -0.4 is 25.8 Å². The van der Waals surface area contributed by atoms with Crippen LogP contribution in [0.5, 0.6) is 5.75 Å². The van der Waals surface area contributed by atoms with Gasteiger partial charge in [0.25, 0.3) is 10.0 Å². The van der Waals surface area contributed by atoms with Crippen molar-refractivity contribution in [1.82, 2.24) is 10.6 Å². The molecule has 0 bridgehead atoms. The van der Waals surface area contributed by atoms with Gasteiger partial charge < -0.3 is 21.1 Å². The van der Waals surface area contributed by atoms with Crippen LogP contribution in [0.3, 0.4) is 0 Å². The third kappa shape index (κ3) is 8.47. The molecule has 8 nitrogen and oxygen atoms in total. The lowest BCUT2D eigenvalue weighted by Gasteiger charge is -2.22. The van der Waals surface area contributed by atoms with Gasteiger partial charge in [0.2, 0.25) is 0 Å². The maximum atomic E-state index is 13.1. The van der Waals surface area contributed by atoms with Gasteiger partial charge in [0.15, 0.2) is 5.37 Å². The lowest BCUT2D eigenvalue weighted by Crippen LogP contribution is -2.52. The Morgan fingerprint density at radius 1 is 1.06 bits per heavy atom. The first-order valence-electron chi connectivity index (χ1n) is 10.2. The van der Waals surface area contributed by atoms with E-state index in [1.54, 1.807) is 24.3 Å². The molecule has 2 aromatic rings. The van der Waals surface area contributed by atoms with Gasteiger partial charge in [-0.2, -0.15) is 0 Å². The number of methoxy groups -OCH3 is 1. The molecule has 0 radical (unpaired) electrons. The predicted octanol–water partition coefficient (Wildman–Crippen LogP) is 3.52. The third-order valence-electron chi connectivity index (χ3n) is 4.60. The minimum absolute atomic E-state index is 0. The summed E-state index contributed by atoms with van der Waals surface area (Å²) < 4.78 is 33.8. The van der Waals surface area contributed by atoms with Crippen LogP contribution in [0.15, 0.2) is 54.6 Å². The van der Waals surface area contributed by atoms with E-state index >= 15 is 0 Å². The Labute approximate surface area is 187 Å². The SMILES string of the molecule is COc1ccc(NS(=O)(=O)[C@H](CCc2ccccc2)NC(=O)N[C@@H](N)CC(C)C)cc1.[HH].[HH]. The average molecular weight is 453 g/mol. The Bertz CT molecular complexity index is 929. The second-order valence-corrected chi connectivity index (χ2v) is 9.61. The number of ether oxygens (including phenoxy) is 1. The van der Waals surface area contributed by atoms with Gasteiger partial charge in [-0.1, -0.05) is 44.2 Å². The van der Waals surface area contributed by atoms with E-state index in [-0.39, 0.29) is 9.27 Å². The molecule has 174 valence electrons. The number of benzene rings is 2. The lowest BCUT2D eigenvalue weighted by atomic mass is 10.1. The summed E-state index contributed by atoms with van der Waals surface area (Å²) in [7, 11) is -2.39. The van der Waals surface area contributed by atoms with E-state index in [4.69, 9.17) is 10.5 Å². The van der Waals surface area contributed by atoms with Crippen molar-refractivity contribution in [3.63, 3.8) is 0 Å². The first-order chi connectivity index (χ1) is 14.7. The summed E-state index contributed by atoms with van der Waals surface area (Å²) in [5.74, 6) is 0.907. The smallest absolute Gasteiger partial charge is 0.317 e. The Morgan fingerprint density at radius 3 is 2.29 bits per heavy atom. The molecule has 0 saturated carbocycles. The normalized spacial score (nSPS) is 13.3. The molecule has 9 heteroatoms. The van der Waals surface area contributed by atoms with Crippen molar-refractivity contribution in [2.75, 3.05) is 11.8 Å². The van der Waals surface area contributed by atoms with Crippen molar-refractivity contribution in [3.8, 4) is 5.75 Å². The number of nitrogens with one attached hydrogen (secondary N) is 3. The van der Waals surface area contributed by atoms with Gasteiger partial charge in [0.05, 0.1) is 13.3 Å². The summed E-state index contributed by atoms with van der Waals surface area (Å²) >= 11 is 0. The summed E-state index contributed by atoms with van der Waals surface area (Å²) in [6.07, 6.45) is 0.696. The quantitative estimate of drug-likeness (QED) is 0.389. The Balaban J connectivity index is 0.00000512. The van der Waals surface area contributed by atoms with Crippen molar-refractivity contribution in [3.05, 3.63) is 60.2 Å². The summed E-state index contributed by atoms with van der Waals surface area (Å²) in [4.78, 5) is 12.4. The van der Waals surface area contributed by atoms with Gasteiger partial charge in [0.1, 0.15) is 5.75 Å². The number of hydrogen-bond acceptors (Lipinski definition) is 5. The summed E-state index contributed by atoms with van der Waals surface area (Å²) in [6.45, 7) is 3.98. The Morgan fingerprint density at radius 2 is 1.71 bits per heavy atom. The molecule has 0 spiro atoms. The van der Waals surface area contributed by atoms with Gasteiger partial charge >= 0.3 is 6.03 Å². The fourth-order valence-corrected chi connectivity index (χ4v) is 4.36. The molecule has 2 aromatic carbocycles. The van der Waals surface area contributed by atoms with Crippen molar-refractivity contribution >= 4 is 21.7 Å². The number of nitrogens with two attached hydrogens (primary N) is 1. The summed E-state index contributed by atoms with van der Waals surface area (Å²) in [6, 6.07) is 15.4. The largest absolute Gasteiger partial charge is 0.497 e. The molecular weight excluding hydrogens is 416 g/mol. The van der Waals surface area contributed by atoms with E-state index in [0.29, 0.717) is 30.2 Å². The van der Waals surface area contributed by atoms with Crippen molar-refractivity contribution in [2.45, 2.75) is 44.6 Å². The maximum Gasteiger partial charge on any atom is 0.317 e. The fourth-order valence-electron chi connectivity index (χ4n) is 3.06. The molecule has 0 saturated heterocycles. The zero-order valence-corrected chi connectivity index (χ0v) is 19.0. The van der Waals surface area contributed by atoms with Crippen LogP contribution in [0.4, 0.5) is 10.5 Å². The van der Waals surface area contributed by atoms with Gasteiger partial charge in [-0.25, -0.2) is 13.2 Å². The van der Waals surface area contributed by atoms with E-state index in [1.165, 1.54) is 7.11 Å². The molecular formula is C22H36N4O4S. The third-order valence-corrected chi connectivity index (χ3v) is 6.22. The van der Waals surface area contributed by atoms with E-state index in [0.717, 1.165) is 5.56 Å². The second kappa shape index (κ2) is 11.6. The van der Waals surface area contributed by atoms with Crippen LogP contribution in [0.25, 0.3) is 0 Å². The maximum absolute atomic E-state index is 13.1. The van der Waals surface area contributed by atoms with E-state index < -0.39 is 27.6 Å². The molecule has 31 heavy (non-hydrogen) atoms. The molecule has 0 aliphatic rings. The van der Waals surface area contributed by atoms with Crippen molar-refractivity contribution < 1.29 is 20.8 Å². The van der Waals surface area contributed by atoms with Gasteiger partial charge in [-0.05, 0) is 55.0 Å². The highest BCUT2D eigenvalue weighted by atomic mass is 32.2. The van der Waals surface area contributed by atoms with Crippen LogP contribution >= 0.6 is 0 Å². The molecule has 0 aromatic heterocycles. The molecule has 2 amide bonds. The molecule has 0 aliphatic heterocycles. The van der Waals surface area contributed by atoms with E-state index in [1.807, 2.05) is 44.2 Å². The standard InChI is InChI=1S/C22H32N4O4S.2H2/c1-16(2)15-20(23)24-22(27)25-21(14-9-17-7-5-4-6-8-17)31(28,29)26-18-10-12-19(30-3)13-11-18;;/h4-8,10-13,16,20-21,26H,9,14-15,23H2,1-3H3,(H2,24,25,27);2*1H/t20-,21-;;/m1../s1. The van der Waals surface area contributed by atoms with Crippen LogP contribution in [0.2, 0.25) is 0 Å². The first-order valence-corrected chi connectivity index (χ1v) is 11.8. The summed E-state index contributed by atoms with van der Waals surface area (Å²) in [5, 5.41) is 4.03. The molecule has 0 heterocycles. The zero-order chi connectivity index (χ0) is 22.9. The number of carbonyl (C=O) groups is 1. The molecule has 0 aliphatic carbocycles. The first kappa shape index (κ1) is 24.5. The highest BCUT2D eigenvalue weighted by Gasteiger charge is 2.27. The van der Waals surface area contributed by atoms with Gasteiger partial charge in [-0.3, -0.25) is 4.72 Å². The number of aryl methyl sites for hydroxylation is 1. The predicted molar refractivity (Wildman–Crippen MR) is 127 cm³/mol. The van der Waals surface area contributed by atoms with Crippen molar-refractivity contribution in [2.24, 2.45) is 11.7 Å². The second-order valence-electron chi connectivity index (χ2n) is 7.74. The number of hydrogen-bond donors (Lipinski definition) is 4. The zero-order valence-electron chi connectivity index (χ0n) is 18.2. The highest BCUT2D eigenvalue weighted by Crippen LogP contribution is 2.18. The lowest BCUT2D eigenvalue weighted by molar-refractivity contribution is 0.233. The number of anilines is 1. The molecule has 0 fully saturated rings. The van der Waals surface area contributed by atoms with Gasteiger partial charge in [-0.15, -0.1) is 0 Å². The van der Waals surface area contributed by atoms with Crippen LogP contribution in [-0.4, -0.2) is 33.1 Å². The molecule has 0 unspecified atom stereocenters. The Kier molecular flexibility index (Phi) is 9.14. The van der Waals surface area contributed by atoms with Gasteiger partial charge in [0, 0.05) is 8.54 Å². The van der Waals surface area contributed by atoms with E-state index in [2.05, 4.69) is 15.4 Å². The monoisotopic (exact) mass is 452 g/mol. The number of carbonyl (C=O) groups excluding carboxylic acids is 1. The fraction of sp³-hybridized carbons (Fsp3) is 0.409. The number of urea groups is 1. The number of rotatable bonds is 11. The van der Waals surface area contributed by atoms with Crippen LogP contribution in [-0.2, 0) is 16.4 Å². The van der Waals surface area contributed by atoms with Crippen LogP contribution in [0.1, 0.15) is 35.1 Å². The average Bonchev–Trinajstić information content (AvgIpc) is 2.71. The number of sulfonamides is 1.